The molecule has 1 saturated heterocycles. The molecule has 1 atom stereocenters. The summed E-state index contributed by atoms with van der Waals surface area (Å²) in [4.78, 5) is 39.4. The Morgan fingerprint density at radius 3 is 2.50 bits per heavy atom. The van der Waals surface area contributed by atoms with Gasteiger partial charge in [-0.1, -0.05) is 12.1 Å². The number of amides is 4. The van der Waals surface area contributed by atoms with E-state index in [4.69, 9.17) is 4.74 Å². The van der Waals surface area contributed by atoms with Gasteiger partial charge in [-0.3, -0.25) is 10.1 Å². The summed E-state index contributed by atoms with van der Waals surface area (Å²) in [5.74, 6) is -1.40. The number of halogens is 1. The molecule has 0 bridgehead atoms. The third kappa shape index (κ3) is 7.19. The van der Waals surface area contributed by atoms with Crippen molar-refractivity contribution in [3.05, 3.63) is 53.8 Å². The molecule has 2 aromatic carbocycles. The minimum Gasteiger partial charge on any atom is -0.444 e. The van der Waals surface area contributed by atoms with E-state index in [1.54, 1.807) is 25.7 Å². The van der Waals surface area contributed by atoms with Crippen molar-refractivity contribution in [2.75, 3.05) is 29.0 Å². The number of rotatable bonds is 4. The Morgan fingerprint density at radius 2 is 1.79 bits per heavy atom. The number of nitrogens with zero attached hydrogens (tertiary/aromatic N) is 1. The summed E-state index contributed by atoms with van der Waals surface area (Å²) in [7, 11) is 0. The predicted molar refractivity (Wildman–Crippen MR) is 129 cm³/mol. The van der Waals surface area contributed by atoms with Crippen LogP contribution in [-0.2, 0) is 9.53 Å². The van der Waals surface area contributed by atoms with Crippen molar-refractivity contribution in [2.24, 2.45) is 5.92 Å². The van der Waals surface area contributed by atoms with Crippen LogP contribution in [0.25, 0.3) is 0 Å². The van der Waals surface area contributed by atoms with Gasteiger partial charge in [-0.25, -0.2) is 14.0 Å². The topological polar surface area (TPSA) is 99.8 Å². The van der Waals surface area contributed by atoms with Crippen LogP contribution < -0.4 is 16.0 Å². The molecule has 0 radical (unpaired) electrons. The van der Waals surface area contributed by atoms with Crippen molar-refractivity contribution in [3.63, 3.8) is 0 Å². The Bertz CT molecular complexity index is 1070. The smallest absolute Gasteiger partial charge is 0.412 e. The van der Waals surface area contributed by atoms with Crippen molar-refractivity contribution < 1.29 is 23.5 Å². The van der Waals surface area contributed by atoms with Gasteiger partial charge in [0.1, 0.15) is 11.4 Å². The summed E-state index contributed by atoms with van der Waals surface area (Å²) in [6.45, 7) is 7.88. The van der Waals surface area contributed by atoms with Gasteiger partial charge >= 0.3 is 12.1 Å². The first-order valence-corrected chi connectivity index (χ1v) is 11.2. The molecule has 3 rings (SSSR count). The van der Waals surface area contributed by atoms with Gasteiger partial charge in [-0.15, -0.1) is 0 Å². The molecule has 1 aliphatic rings. The lowest BCUT2D eigenvalue weighted by Gasteiger charge is -2.32. The SMILES string of the molecule is Cc1cccc(NC(=O)N2CCCC(C(=O)Nc3cc(F)ccc3NC(=O)OC(C)(C)C)C2)c1. The molecule has 3 N–H and O–H groups in total. The number of hydrogen-bond donors (Lipinski definition) is 3. The number of ether oxygens (including phenoxy) is 1. The number of hydrogen-bond acceptors (Lipinski definition) is 4. The first-order chi connectivity index (χ1) is 16.0. The van der Waals surface area contributed by atoms with E-state index in [1.165, 1.54) is 12.1 Å². The molecule has 9 heteroatoms. The lowest BCUT2D eigenvalue weighted by Crippen LogP contribution is -2.45. The van der Waals surface area contributed by atoms with Gasteiger partial charge in [0.15, 0.2) is 0 Å². The minimum absolute atomic E-state index is 0.122. The molecule has 0 aromatic heterocycles. The van der Waals surface area contributed by atoms with Crippen molar-refractivity contribution in [1.29, 1.82) is 0 Å². The standard InChI is InChI=1S/C25H31FN4O4/c1-16-7-5-9-19(13-16)27-23(32)30-12-6-8-17(15-30)22(31)28-21-14-18(26)10-11-20(21)29-24(33)34-25(2,3)4/h5,7,9-11,13-14,17H,6,8,12,15H2,1-4H3,(H,27,32)(H,28,31)(H,29,33). The summed E-state index contributed by atoms with van der Waals surface area (Å²) in [5, 5.41) is 8.11. The minimum atomic E-state index is -0.716. The number of anilines is 3. The molecule has 1 aliphatic heterocycles. The molecule has 182 valence electrons. The zero-order chi connectivity index (χ0) is 24.9. The average molecular weight is 471 g/mol. The van der Waals surface area contributed by atoms with Crippen LogP contribution in [0.2, 0.25) is 0 Å². The van der Waals surface area contributed by atoms with E-state index in [1.807, 2.05) is 31.2 Å². The molecule has 0 aliphatic carbocycles. The van der Waals surface area contributed by atoms with Crippen molar-refractivity contribution >= 4 is 35.1 Å². The largest absolute Gasteiger partial charge is 0.444 e. The molecule has 2 aromatic rings. The molecule has 0 spiro atoms. The van der Waals surface area contributed by atoms with E-state index >= 15 is 0 Å². The monoisotopic (exact) mass is 470 g/mol. The number of carbonyl (C=O) groups excluding carboxylic acids is 3. The molecular weight excluding hydrogens is 439 g/mol. The fraction of sp³-hybridized carbons (Fsp3) is 0.400. The Morgan fingerprint density at radius 1 is 1.03 bits per heavy atom. The third-order valence-corrected chi connectivity index (χ3v) is 5.22. The van der Waals surface area contributed by atoms with E-state index in [9.17, 15) is 18.8 Å². The lowest BCUT2D eigenvalue weighted by molar-refractivity contribution is -0.121. The molecule has 8 nitrogen and oxygen atoms in total. The third-order valence-electron chi connectivity index (χ3n) is 5.22. The summed E-state index contributed by atoms with van der Waals surface area (Å²) in [6.07, 6.45) is 0.529. The lowest BCUT2D eigenvalue weighted by atomic mass is 9.97. The van der Waals surface area contributed by atoms with Crippen molar-refractivity contribution in [2.45, 2.75) is 46.1 Å². The van der Waals surface area contributed by atoms with E-state index in [-0.39, 0.29) is 29.9 Å². The van der Waals surface area contributed by atoms with E-state index in [2.05, 4.69) is 16.0 Å². The Kier molecular flexibility index (Phi) is 7.75. The number of likely N-dealkylation sites (tertiary alicyclic amines) is 1. The van der Waals surface area contributed by atoms with Crippen LogP contribution in [0.4, 0.5) is 31.0 Å². The van der Waals surface area contributed by atoms with Crippen LogP contribution in [0, 0.1) is 18.7 Å². The molecule has 1 fully saturated rings. The highest BCUT2D eigenvalue weighted by Crippen LogP contribution is 2.26. The van der Waals surface area contributed by atoms with Gasteiger partial charge in [0.05, 0.1) is 17.3 Å². The maximum absolute atomic E-state index is 13.9. The molecule has 34 heavy (non-hydrogen) atoms. The van der Waals surface area contributed by atoms with Crippen LogP contribution in [0.1, 0.15) is 39.2 Å². The maximum Gasteiger partial charge on any atom is 0.412 e. The fourth-order valence-corrected chi connectivity index (χ4v) is 3.68. The summed E-state index contributed by atoms with van der Waals surface area (Å²) in [6, 6.07) is 10.9. The predicted octanol–water partition coefficient (Wildman–Crippen LogP) is 5.36. The number of nitrogens with one attached hydrogen (secondary N) is 3. The van der Waals surface area contributed by atoms with E-state index < -0.39 is 23.4 Å². The van der Waals surface area contributed by atoms with Crippen LogP contribution in [0.15, 0.2) is 42.5 Å². The Hall–Kier alpha value is -3.62. The normalized spacial score (nSPS) is 15.9. The molecule has 1 unspecified atom stereocenters. The highest BCUT2D eigenvalue weighted by molar-refractivity contribution is 5.99. The Balaban J connectivity index is 1.65. The van der Waals surface area contributed by atoms with Gasteiger partial charge < -0.3 is 20.3 Å². The highest BCUT2D eigenvalue weighted by atomic mass is 19.1. The summed E-state index contributed by atoms with van der Waals surface area (Å²) < 4.78 is 19.1. The number of benzene rings is 2. The number of piperidine rings is 1. The number of urea groups is 1. The first kappa shape index (κ1) is 25.0. The maximum atomic E-state index is 13.9. The van der Waals surface area contributed by atoms with Crippen LogP contribution in [-0.4, -0.2) is 41.6 Å². The van der Waals surface area contributed by atoms with Gasteiger partial charge in [0, 0.05) is 18.8 Å². The van der Waals surface area contributed by atoms with Crippen LogP contribution >= 0.6 is 0 Å². The second kappa shape index (κ2) is 10.5. The zero-order valence-corrected chi connectivity index (χ0v) is 19.9. The van der Waals surface area contributed by atoms with Crippen LogP contribution in [0.3, 0.4) is 0 Å². The van der Waals surface area contributed by atoms with Gasteiger partial charge in [-0.05, 0) is 76.4 Å². The highest BCUT2D eigenvalue weighted by Gasteiger charge is 2.29. The summed E-state index contributed by atoms with van der Waals surface area (Å²) in [5.41, 5.74) is 1.35. The Labute approximate surface area is 198 Å². The van der Waals surface area contributed by atoms with E-state index in [0.29, 0.717) is 25.1 Å². The van der Waals surface area contributed by atoms with Gasteiger partial charge in [0.25, 0.3) is 0 Å². The second-order valence-corrected chi connectivity index (χ2v) is 9.39. The first-order valence-electron chi connectivity index (χ1n) is 11.2. The van der Waals surface area contributed by atoms with Gasteiger partial charge in [-0.2, -0.15) is 0 Å². The van der Waals surface area contributed by atoms with Gasteiger partial charge in [0.2, 0.25) is 5.91 Å². The van der Waals surface area contributed by atoms with E-state index in [0.717, 1.165) is 11.6 Å². The quantitative estimate of drug-likeness (QED) is 0.560. The average Bonchev–Trinajstić information content (AvgIpc) is 2.74. The molecule has 4 amide bonds. The summed E-state index contributed by atoms with van der Waals surface area (Å²) >= 11 is 0. The second-order valence-electron chi connectivity index (χ2n) is 9.39. The molecule has 0 saturated carbocycles. The molecule has 1 heterocycles. The zero-order valence-electron chi connectivity index (χ0n) is 19.9. The number of aryl methyl sites for hydroxylation is 1. The van der Waals surface area contributed by atoms with Crippen molar-refractivity contribution in [1.82, 2.24) is 4.90 Å². The molecular formula is C25H31FN4O4. The fourth-order valence-electron chi connectivity index (χ4n) is 3.68. The van der Waals surface area contributed by atoms with Crippen molar-refractivity contribution in [3.8, 4) is 0 Å². The number of carbonyl (C=O) groups is 3. The van der Waals surface area contributed by atoms with Crippen LogP contribution in [0.5, 0.6) is 0 Å².